The van der Waals surface area contributed by atoms with Gasteiger partial charge in [0.05, 0.1) is 12.2 Å². The zero-order valence-electron chi connectivity index (χ0n) is 11.0. The lowest BCUT2D eigenvalue weighted by atomic mass is 10.1. The summed E-state index contributed by atoms with van der Waals surface area (Å²) in [7, 11) is 0. The van der Waals surface area contributed by atoms with Gasteiger partial charge in [-0.25, -0.2) is 0 Å². The highest BCUT2D eigenvalue weighted by Crippen LogP contribution is 2.28. The van der Waals surface area contributed by atoms with Crippen LogP contribution in [0.2, 0.25) is 0 Å². The Kier molecular flexibility index (Phi) is 5.85. The van der Waals surface area contributed by atoms with Gasteiger partial charge in [0.2, 0.25) is 0 Å². The Hall–Kier alpha value is -1.36. The Balaban J connectivity index is 2.96. The lowest BCUT2D eigenvalue weighted by Crippen LogP contribution is -2.16. The van der Waals surface area contributed by atoms with Gasteiger partial charge in [-0.1, -0.05) is 25.1 Å². The maximum absolute atomic E-state index is 8.84. The zero-order valence-corrected chi connectivity index (χ0v) is 11.8. The van der Waals surface area contributed by atoms with Crippen LogP contribution in [0.1, 0.15) is 25.8 Å². The summed E-state index contributed by atoms with van der Waals surface area (Å²) in [6, 6.07) is 5.67. The monoisotopic (exact) mass is 268 g/mol. The Morgan fingerprint density at radius 2 is 2.22 bits per heavy atom. The van der Waals surface area contributed by atoms with Crippen molar-refractivity contribution in [1.29, 1.82) is 0 Å². The van der Waals surface area contributed by atoms with Gasteiger partial charge in [0.1, 0.15) is 5.75 Å². The Morgan fingerprint density at radius 1 is 1.50 bits per heavy atom. The molecule has 0 saturated heterocycles. The van der Waals surface area contributed by atoms with Crippen LogP contribution in [0.25, 0.3) is 0 Å². The fourth-order valence-corrected chi connectivity index (χ4v) is 2.13. The van der Waals surface area contributed by atoms with E-state index in [9.17, 15) is 0 Å². The van der Waals surface area contributed by atoms with E-state index < -0.39 is 0 Å². The molecule has 0 unspecified atom stereocenters. The first-order valence-corrected chi connectivity index (χ1v) is 7.10. The molecule has 0 aromatic heterocycles. The quantitative estimate of drug-likeness (QED) is 0.274. The van der Waals surface area contributed by atoms with E-state index in [1.165, 1.54) is 0 Å². The molecule has 0 spiro atoms. The normalized spacial score (nSPS) is 11.9. The van der Waals surface area contributed by atoms with E-state index in [4.69, 9.17) is 15.7 Å². The van der Waals surface area contributed by atoms with Gasteiger partial charge in [-0.05, 0) is 30.7 Å². The van der Waals surface area contributed by atoms with Crippen LogP contribution in [0.3, 0.4) is 0 Å². The van der Waals surface area contributed by atoms with Crippen molar-refractivity contribution < 1.29 is 9.94 Å². The average Bonchev–Trinajstić information content (AvgIpc) is 2.37. The molecule has 18 heavy (non-hydrogen) atoms. The van der Waals surface area contributed by atoms with E-state index in [1.54, 1.807) is 11.8 Å². The first-order valence-electron chi connectivity index (χ1n) is 5.87. The molecule has 5 heteroatoms. The number of rotatable bonds is 6. The summed E-state index contributed by atoms with van der Waals surface area (Å²) in [5, 5.41) is 11.9. The number of oxime groups is 1. The lowest BCUT2D eigenvalue weighted by Gasteiger charge is -2.14. The minimum absolute atomic E-state index is 0.0829. The number of ether oxygens (including phenoxy) is 1. The lowest BCUT2D eigenvalue weighted by molar-refractivity contribution is 0.287. The molecule has 1 aromatic rings. The van der Waals surface area contributed by atoms with Gasteiger partial charge in [-0.15, -0.1) is 11.8 Å². The number of nitrogens with zero attached hydrogens (tertiary/aromatic N) is 1. The summed E-state index contributed by atoms with van der Waals surface area (Å²) in [4.78, 5) is 0.937. The van der Waals surface area contributed by atoms with E-state index >= 15 is 0 Å². The van der Waals surface area contributed by atoms with E-state index in [0.29, 0.717) is 23.8 Å². The number of amidine groups is 1. The maximum Gasteiger partial charge on any atom is 0.174 e. The third kappa shape index (κ3) is 3.84. The number of hydrogen-bond donors (Lipinski definition) is 2. The first kappa shape index (κ1) is 14.7. The van der Waals surface area contributed by atoms with Crippen molar-refractivity contribution in [2.45, 2.75) is 25.2 Å². The van der Waals surface area contributed by atoms with Crippen LogP contribution in [0.15, 0.2) is 28.3 Å². The second kappa shape index (κ2) is 7.16. The largest absolute Gasteiger partial charge is 0.493 e. The van der Waals surface area contributed by atoms with E-state index in [1.807, 2.05) is 24.5 Å². The van der Waals surface area contributed by atoms with Crippen molar-refractivity contribution in [3.63, 3.8) is 0 Å². The Morgan fingerprint density at radius 3 is 2.78 bits per heavy atom. The molecule has 0 heterocycles. The molecule has 4 nitrogen and oxygen atoms in total. The average molecular weight is 268 g/mol. The van der Waals surface area contributed by atoms with E-state index in [-0.39, 0.29) is 5.84 Å². The highest BCUT2D eigenvalue weighted by atomic mass is 32.2. The van der Waals surface area contributed by atoms with Gasteiger partial charge in [0, 0.05) is 4.90 Å². The molecule has 3 N–H and O–H groups in total. The first-order chi connectivity index (χ1) is 8.60. The molecule has 0 atom stereocenters. The third-order valence-corrected chi connectivity index (χ3v) is 3.30. The summed E-state index contributed by atoms with van der Waals surface area (Å²) >= 11 is 1.54. The molecule has 0 bridgehead atoms. The summed E-state index contributed by atoms with van der Waals surface area (Å²) < 4.78 is 5.73. The van der Waals surface area contributed by atoms with Gasteiger partial charge in [-0.3, -0.25) is 0 Å². The zero-order chi connectivity index (χ0) is 13.5. The maximum atomic E-state index is 8.84. The predicted molar refractivity (Wildman–Crippen MR) is 75.7 cm³/mol. The molecular formula is C13H20N2O2S. The molecule has 0 fully saturated rings. The second-order valence-corrected chi connectivity index (χ2v) is 5.20. The molecule has 0 aliphatic rings. The predicted octanol–water partition coefficient (Wildman–Crippen LogP) is 2.93. The van der Waals surface area contributed by atoms with E-state index in [2.05, 4.69) is 19.0 Å². The smallest absolute Gasteiger partial charge is 0.174 e. The fraction of sp³-hybridized carbons (Fsp3) is 0.462. The Labute approximate surface area is 112 Å². The summed E-state index contributed by atoms with van der Waals surface area (Å²) in [5.41, 5.74) is 6.37. The SMILES string of the molecule is CSc1cccc(OCCC(C)C)c1/C(N)=N/O. The van der Waals surface area contributed by atoms with Gasteiger partial charge < -0.3 is 15.7 Å². The molecule has 0 saturated carbocycles. The molecule has 0 amide bonds. The minimum atomic E-state index is 0.0829. The van der Waals surface area contributed by atoms with Crippen molar-refractivity contribution in [1.82, 2.24) is 0 Å². The molecular weight excluding hydrogens is 248 g/mol. The van der Waals surface area contributed by atoms with Crippen molar-refractivity contribution in [3.05, 3.63) is 23.8 Å². The Bertz CT molecular complexity index is 419. The standard InChI is InChI=1S/C13H20N2O2S/c1-9(2)7-8-17-10-5-4-6-11(18-3)12(10)13(14)15-16/h4-6,9,16H,7-8H2,1-3H3,(H2,14,15). The van der Waals surface area contributed by atoms with Crippen LogP contribution < -0.4 is 10.5 Å². The summed E-state index contributed by atoms with van der Waals surface area (Å²) in [5.74, 6) is 1.33. The fourth-order valence-electron chi connectivity index (χ4n) is 1.51. The third-order valence-electron chi connectivity index (χ3n) is 2.52. The van der Waals surface area contributed by atoms with Crippen LogP contribution >= 0.6 is 11.8 Å². The molecule has 100 valence electrons. The van der Waals surface area contributed by atoms with Crippen LogP contribution in [-0.2, 0) is 0 Å². The number of hydrogen-bond acceptors (Lipinski definition) is 4. The highest BCUT2D eigenvalue weighted by Gasteiger charge is 2.13. The van der Waals surface area contributed by atoms with Crippen LogP contribution in [-0.4, -0.2) is 23.9 Å². The van der Waals surface area contributed by atoms with Gasteiger partial charge >= 0.3 is 0 Å². The number of thioether (sulfide) groups is 1. The van der Waals surface area contributed by atoms with Gasteiger partial charge in [0.15, 0.2) is 5.84 Å². The van der Waals surface area contributed by atoms with Crippen molar-refractivity contribution in [2.24, 2.45) is 16.8 Å². The molecule has 1 aromatic carbocycles. The highest BCUT2D eigenvalue weighted by molar-refractivity contribution is 7.98. The van der Waals surface area contributed by atoms with Crippen molar-refractivity contribution in [3.8, 4) is 5.75 Å². The topological polar surface area (TPSA) is 67.8 Å². The van der Waals surface area contributed by atoms with E-state index in [0.717, 1.165) is 11.3 Å². The van der Waals surface area contributed by atoms with Crippen molar-refractivity contribution >= 4 is 17.6 Å². The van der Waals surface area contributed by atoms with Crippen LogP contribution in [0.4, 0.5) is 0 Å². The summed E-state index contributed by atoms with van der Waals surface area (Å²) in [6.45, 7) is 4.92. The molecule has 0 radical (unpaired) electrons. The van der Waals surface area contributed by atoms with Crippen LogP contribution in [0.5, 0.6) is 5.75 Å². The molecule has 0 aliphatic heterocycles. The van der Waals surface area contributed by atoms with Crippen molar-refractivity contribution in [2.75, 3.05) is 12.9 Å². The van der Waals surface area contributed by atoms with Crippen LogP contribution in [0, 0.1) is 5.92 Å². The molecule has 0 aliphatic carbocycles. The van der Waals surface area contributed by atoms with Gasteiger partial charge in [0.25, 0.3) is 0 Å². The van der Waals surface area contributed by atoms with Gasteiger partial charge in [-0.2, -0.15) is 0 Å². The molecule has 1 rings (SSSR count). The minimum Gasteiger partial charge on any atom is -0.493 e. The second-order valence-electron chi connectivity index (χ2n) is 4.35. The summed E-state index contributed by atoms with van der Waals surface area (Å²) in [6.07, 6.45) is 2.92. The number of benzene rings is 1. The number of nitrogens with two attached hydrogens (primary N) is 1.